The summed E-state index contributed by atoms with van der Waals surface area (Å²) in [4.78, 5) is 24.8. The lowest BCUT2D eigenvalue weighted by Gasteiger charge is -2.33. The van der Waals surface area contributed by atoms with Gasteiger partial charge < -0.3 is 24.4 Å². The van der Waals surface area contributed by atoms with Crippen molar-refractivity contribution in [2.75, 3.05) is 13.7 Å². The maximum Gasteiger partial charge on any atom is 0.341 e. The highest BCUT2D eigenvalue weighted by Crippen LogP contribution is 2.50. The first-order valence-corrected chi connectivity index (χ1v) is 16.2. The summed E-state index contributed by atoms with van der Waals surface area (Å²) >= 11 is 0. The van der Waals surface area contributed by atoms with Crippen LogP contribution in [0.15, 0.2) is 54.6 Å². The van der Waals surface area contributed by atoms with Crippen molar-refractivity contribution in [3.8, 4) is 11.5 Å². The van der Waals surface area contributed by atoms with Crippen LogP contribution in [0.4, 0.5) is 0 Å². The van der Waals surface area contributed by atoms with Crippen molar-refractivity contribution in [1.29, 1.82) is 0 Å². The third-order valence-electron chi connectivity index (χ3n) is 9.84. The molecule has 0 aliphatic heterocycles. The first kappa shape index (κ1) is 31.8. The van der Waals surface area contributed by atoms with Crippen molar-refractivity contribution in [3.63, 3.8) is 0 Å². The number of methoxy groups -OCH3 is 1. The lowest BCUT2D eigenvalue weighted by atomic mass is 9.73. The predicted molar refractivity (Wildman–Crippen MR) is 170 cm³/mol. The van der Waals surface area contributed by atoms with E-state index in [4.69, 9.17) is 19.3 Å². The highest BCUT2D eigenvalue weighted by Gasteiger charge is 2.47. The number of esters is 1. The van der Waals surface area contributed by atoms with E-state index in [1.165, 1.54) is 5.56 Å². The molecule has 2 aliphatic rings. The number of aliphatic hydroxyl groups is 1. The minimum atomic E-state index is -0.998. The number of unbranched alkanes of at least 4 members (excludes halogenated alkanes) is 2. The highest BCUT2D eigenvalue weighted by atomic mass is 16.5. The molecule has 7 nitrogen and oxygen atoms in total. The van der Waals surface area contributed by atoms with Crippen molar-refractivity contribution in [2.45, 2.75) is 89.8 Å². The summed E-state index contributed by atoms with van der Waals surface area (Å²) < 4.78 is 17.4. The van der Waals surface area contributed by atoms with E-state index in [0.717, 1.165) is 79.0 Å². The normalized spacial score (nSPS) is 22.1. The molecule has 0 amide bonds. The number of carboxylic acids is 1. The summed E-state index contributed by atoms with van der Waals surface area (Å²) in [6.45, 7) is 3.70. The number of fused-ring (bicyclic) bond motifs is 3. The molecule has 0 spiro atoms. The van der Waals surface area contributed by atoms with Gasteiger partial charge in [0, 0.05) is 0 Å². The number of ether oxygens (including phenoxy) is 3. The molecule has 0 bridgehead atoms. The molecule has 1 fully saturated rings. The molecule has 3 aromatic carbocycles. The first-order chi connectivity index (χ1) is 21.3. The number of benzene rings is 3. The van der Waals surface area contributed by atoms with E-state index in [-0.39, 0.29) is 30.7 Å². The van der Waals surface area contributed by atoms with Crippen molar-refractivity contribution in [1.82, 2.24) is 0 Å². The van der Waals surface area contributed by atoms with Gasteiger partial charge in [0.15, 0.2) is 6.61 Å². The number of carbonyl (C=O) groups excluding carboxylic acids is 1. The monoisotopic (exact) mass is 602 g/mol. The molecule has 2 aliphatic carbocycles. The quantitative estimate of drug-likeness (QED) is 0.150. The molecule has 3 aromatic rings. The lowest BCUT2D eigenvalue weighted by Crippen LogP contribution is -2.30. The molecule has 2 N–H and O–H groups in total. The van der Waals surface area contributed by atoms with E-state index in [9.17, 15) is 14.7 Å². The van der Waals surface area contributed by atoms with Crippen LogP contribution >= 0.6 is 0 Å². The summed E-state index contributed by atoms with van der Waals surface area (Å²) in [7, 11) is 1.65. The van der Waals surface area contributed by atoms with E-state index in [1.807, 2.05) is 49.4 Å². The van der Waals surface area contributed by atoms with Gasteiger partial charge in [-0.05, 0) is 109 Å². The van der Waals surface area contributed by atoms with Gasteiger partial charge in [-0.3, -0.25) is 4.79 Å². The molecule has 0 radical (unpaired) electrons. The van der Waals surface area contributed by atoms with Crippen LogP contribution in [-0.4, -0.2) is 48.1 Å². The van der Waals surface area contributed by atoms with Gasteiger partial charge in [-0.15, -0.1) is 0 Å². The fourth-order valence-corrected chi connectivity index (χ4v) is 7.37. The zero-order valence-corrected chi connectivity index (χ0v) is 26.2. The Kier molecular flexibility index (Phi) is 10.5. The maximum atomic E-state index is 13.7. The number of hydrogen-bond acceptors (Lipinski definition) is 6. The molecule has 44 heavy (non-hydrogen) atoms. The Labute approximate surface area is 260 Å². The molecule has 0 heterocycles. The van der Waals surface area contributed by atoms with Gasteiger partial charge >= 0.3 is 11.9 Å². The largest absolute Gasteiger partial charge is 0.497 e. The van der Waals surface area contributed by atoms with Crippen LogP contribution in [0.3, 0.4) is 0 Å². The van der Waals surface area contributed by atoms with E-state index >= 15 is 0 Å². The van der Waals surface area contributed by atoms with Crippen LogP contribution < -0.4 is 9.47 Å². The second-order valence-corrected chi connectivity index (χ2v) is 12.7. The van der Waals surface area contributed by atoms with Gasteiger partial charge in [-0.25, -0.2) is 4.79 Å². The molecule has 0 unspecified atom stereocenters. The van der Waals surface area contributed by atoms with Crippen molar-refractivity contribution in [3.05, 3.63) is 71.3 Å². The summed E-state index contributed by atoms with van der Waals surface area (Å²) in [5.74, 6) is 0.557. The topological polar surface area (TPSA) is 102 Å². The second-order valence-electron chi connectivity index (χ2n) is 12.7. The molecule has 0 saturated heterocycles. The van der Waals surface area contributed by atoms with Crippen LogP contribution in [-0.2, 0) is 27.2 Å². The number of rotatable bonds is 14. The van der Waals surface area contributed by atoms with E-state index in [1.54, 1.807) is 7.11 Å². The average molecular weight is 603 g/mol. The van der Waals surface area contributed by atoms with Gasteiger partial charge in [0.05, 0.1) is 19.1 Å². The number of aliphatic hydroxyl groups excluding tert-OH is 1. The molecule has 0 aromatic heterocycles. The molecule has 7 heteroatoms. The minimum Gasteiger partial charge on any atom is -0.497 e. The van der Waals surface area contributed by atoms with Crippen molar-refractivity contribution in [2.24, 2.45) is 17.8 Å². The van der Waals surface area contributed by atoms with Gasteiger partial charge in [0.1, 0.15) is 17.6 Å². The Morgan fingerprint density at radius 1 is 1.00 bits per heavy atom. The maximum absolute atomic E-state index is 13.7. The molecular weight excluding hydrogens is 556 g/mol. The second kappa shape index (κ2) is 14.5. The summed E-state index contributed by atoms with van der Waals surface area (Å²) in [6, 6.07) is 17.8. The molecular formula is C37H46O7. The van der Waals surface area contributed by atoms with Gasteiger partial charge in [-0.1, -0.05) is 62.6 Å². The van der Waals surface area contributed by atoms with E-state index in [2.05, 4.69) is 19.1 Å². The zero-order valence-electron chi connectivity index (χ0n) is 26.2. The number of carboxylic acid groups (broad SMARTS) is 1. The Morgan fingerprint density at radius 2 is 1.80 bits per heavy atom. The van der Waals surface area contributed by atoms with Gasteiger partial charge in [0.2, 0.25) is 0 Å². The lowest BCUT2D eigenvalue weighted by molar-refractivity contribution is -0.153. The Bertz CT molecular complexity index is 1450. The smallest absolute Gasteiger partial charge is 0.341 e. The fraction of sp³-hybridized carbons (Fsp3) is 0.514. The van der Waals surface area contributed by atoms with Gasteiger partial charge in [0.25, 0.3) is 0 Å². The van der Waals surface area contributed by atoms with Crippen LogP contribution in [0.5, 0.6) is 11.5 Å². The van der Waals surface area contributed by atoms with E-state index in [0.29, 0.717) is 24.0 Å². The molecule has 5 rings (SSSR count). The average Bonchev–Trinajstić information content (AvgIpc) is 3.36. The molecule has 236 valence electrons. The predicted octanol–water partition coefficient (Wildman–Crippen LogP) is 7.10. The SMILES string of the molecule is CCCCC[C@H](O)CC[C@@H]1[C@H]2Cc3cccc(OCC(=O)O)c3C[C@H]2C[C@H]1OC(=O)[C@@H](C)c1ccc2cc(OC)ccc2c1. The van der Waals surface area contributed by atoms with Crippen LogP contribution in [0.2, 0.25) is 0 Å². The Hall–Kier alpha value is -3.58. The zero-order chi connectivity index (χ0) is 31.2. The number of carbonyl (C=O) groups is 2. The fourth-order valence-electron chi connectivity index (χ4n) is 7.37. The number of hydrogen-bond donors (Lipinski definition) is 2. The number of aliphatic carboxylic acids is 1. The standard InChI is InChI=1S/C37H46O7/c1-4-5-6-9-29(38)14-16-31-32-19-27-8-7-10-34(43-22-36(39)40)33(27)20-28(32)21-35(31)44-37(41)23(2)24-11-12-26-18-30(42-3)15-13-25(26)17-24/h7-8,10-13,15,17-18,23,28-29,31-32,35,38H,4-6,9,14,16,19-22H2,1-3H3,(H,39,40)/t23-,28-,29-,31+,32-,35+/m0/s1. The van der Waals surface area contributed by atoms with E-state index < -0.39 is 11.9 Å². The van der Waals surface area contributed by atoms with Crippen LogP contribution in [0.25, 0.3) is 10.8 Å². The van der Waals surface area contributed by atoms with Crippen LogP contribution in [0.1, 0.15) is 81.4 Å². The Balaban J connectivity index is 1.33. The van der Waals surface area contributed by atoms with Crippen molar-refractivity contribution < 1.29 is 34.0 Å². The summed E-state index contributed by atoms with van der Waals surface area (Å²) in [6.07, 6.45) is 7.35. The first-order valence-electron chi connectivity index (χ1n) is 16.2. The Morgan fingerprint density at radius 3 is 2.57 bits per heavy atom. The summed E-state index contributed by atoms with van der Waals surface area (Å²) in [5.41, 5.74) is 3.16. The van der Waals surface area contributed by atoms with Gasteiger partial charge in [-0.2, -0.15) is 0 Å². The highest BCUT2D eigenvalue weighted by molar-refractivity contribution is 5.87. The summed E-state index contributed by atoms with van der Waals surface area (Å²) in [5, 5.41) is 22.0. The third kappa shape index (κ3) is 7.37. The van der Waals surface area contributed by atoms with Crippen LogP contribution in [0, 0.1) is 17.8 Å². The minimum absolute atomic E-state index is 0.151. The molecule has 1 saturated carbocycles. The third-order valence-corrected chi connectivity index (χ3v) is 9.84. The van der Waals surface area contributed by atoms with Crippen molar-refractivity contribution >= 4 is 22.7 Å². The molecule has 6 atom stereocenters.